The van der Waals surface area contributed by atoms with E-state index in [-0.39, 0.29) is 23.2 Å². The van der Waals surface area contributed by atoms with Gasteiger partial charge >= 0.3 is 5.97 Å². The molecule has 0 radical (unpaired) electrons. The normalized spacial score (nSPS) is 18.9. The number of fused-ring (bicyclic) bond motifs is 1. The van der Waals surface area contributed by atoms with Crippen LogP contribution in [0.3, 0.4) is 0 Å². The van der Waals surface area contributed by atoms with Gasteiger partial charge in [0.2, 0.25) is 5.43 Å². The molecular formula is C21H19F2N3O3. The summed E-state index contributed by atoms with van der Waals surface area (Å²) in [5.74, 6) is -2.55. The lowest BCUT2D eigenvalue weighted by Crippen LogP contribution is -2.35. The molecule has 4 N–H and O–H groups in total. The van der Waals surface area contributed by atoms with Crippen LogP contribution in [0.2, 0.25) is 0 Å². The predicted molar refractivity (Wildman–Crippen MR) is 106 cm³/mol. The second-order valence-corrected chi connectivity index (χ2v) is 7.22. The number of hydrogen-bond donors (Lipinski definition) is 3. The quantitative estimate of drug-likeness (QED) is 0.626. The summed E-state index contributed by atoms with van der Waals surface area (Å²) in [5.41, 5.74) is 5.70. The van der Waals surface area contributed by atoms with Gasteiger partial charge in [0.05, 0.1) is 11.2 Å². The minimum absolute atomic E-state index is 0.0759. The largest absolute Gasteiger partial charge is 0.477 e. The summed E-state index contributed by atoms with van der Waals surface area (Å²) in [6, 6.07) is 7.66. The molecule has 0 unspecified atom stereocenters. The molecule has 1 heterocycles. The molecule has 150 valence electrons. The summed E-state index contributed by atoms with van der Waals surface area (Å²) < 4.78 is 29.5. The van der Waals surface area contributed by atoms with Crippen molar-refractivity contribution in [1.29, 1.82) is 0 Å². The topological polar surface area (TPSA) is 97.3 Å². The van der Waals surface area contributed by atoms with Crippen molar-refractivity contribution in [3.8, 4) is 5.69 Å². The molecule has 0 saturated heterocycles. The zero-order chi connectivity index (χ0) is 20.7. The molecular weight excluding hydrogens is 380 g/mol. The Hall–Kier alpha value is -3.26. The number of aromatic nitrogens is 1. The molecule has 0 bridgehead atoms. The van der Waals surface area contributed by atoms with Crippen molar-refractivity contribution in [2.75, 3.05) is 5.32 Å². The Morgan fingerprint density at radius 1 is 1.17 bits per heavy atom. The molecule has 1 aromatic heterocycles. The highest BCUT2D eigenvalue weighted by Gasteiger charge is 2.25. The first-order chi connectivity index (χ1) is 13.8. The number of hydrogen-bond acceptors (Lipinski definition) is 4. The zero-order valence-corrected chi connectivity index (χ0v) is 15.4. The fourth-order valence-electron chi connectivity index (χ4n) is 3.79. The highest BCUT2D eigenvalue weighted by molar-refractivity contribution is 5.94. The van der Waals surface area contributed by atoms with Gasteiger partial charge < -0.3 is 20.7 Å². The fourth-order valence-corrected chi connectivity index (χ4v) is 3.79. The van der Waals surface area contributed by atoms with Gasteiger partial charge in [-0.15, -0.1) is 0 Å². The Balaban J connectivity index is 1.94. The van der Waals surface area contributed by atoms with Crippen LogP contribution in [0.15, 0.2) is 47.4 Å². The molecule has 1 aliphatic rings. The monoisotopic (exact) mass is 399 g/mol. The van der Waals surface area contributed by atoms with E-state index in [2.05, 4.69) is 5.32 Å². The summed E-state index contributed by atoms with van der Waals surface area (Å²) in [6.07, 6.45) is 3.76. The summed E-state index contributed by atoms with van der Waals surface area (Å²) >= 11 is 0. The lowest BCUT2D eigenvalue weighted by atomic mass is 10.1. The van der Waals surface area contributed by atoms with Crippen LogP contribution in [0, 0.1) is 11.6 Å². The lowest BCUT2D eigenvalue weighted by molar-refractivity contribution is 0.0695. The van der Waals surface area contributed by atoms with E-state index in [1.54, 1.807) is 0 Å². The van der Waals surface area contributed by atoms with Crippen LogP contribution in [0.4, 0.5) is 14.5 Å². The van der Waals surface area contributed by atoms with Crippen molar-refractivity contribution in [2.24, 2.45) is 5.73 Å². The first-order valence-electron chi connectivity index (χ1n) is 9.25. The van der Waals surface area contributed by atoms with E-state index < -0.39 is 28.6 Å². The molecule has 8 heteroatoms. The summed E-state index contributed by atoms with van der Waals surface area (Å²) in [7, 11) is 0. The van der Waals surface area contributed by atoms with Crippen LogP contribution in [0.25, 0.3) is 16.6 Å². The number of carboxylic acids is 1. The van der Waals surface area contributed by atoms with Gasteiger partial charge in [-0.2, -0.15) is 0 Å². The molecule has 6 nitrogen and oxygen atoms in total. The van der Waals surface area contributed by atoms with Crippen molar-refractivity contribution >= 4 is 22.6 Å². The number of pyridine rings is 1. The second-order valence-electron chi connectivity index (χ2n) is 7.22. The van der Waals surface area contributed by atoms with Crippen molar-refractivity contribution in [3.63, 3.8) is 0 Å². The number of nitrogens with one attached hydrogen (secondary N) is 1. The number of carbonyl (C=O) groups is 1. The maximum atomic E-state index is 14.8. The number of anilines is 1. The average Bonchev–Trinajstić information content (AvgIpc) is 3.08. The number of benzene rings is 2. The Kier molecular flexibility index (Phi) is 4.79. The molecule has 0 aliphatic heterocycles. The Morgan fingerprint density at radius 3 is 2.52 bits per heavy atom. The second kappa shape index (κ2) is 7.29. The smallest absolute Gasteiger partial charge is 0.341 e. The van der Waals surface area contributed by atoms with E-state index in [1.807, 2.05) is 0 Å². The van der Waals surface area contributed by atoms with Crippen LogP contribution in [0.1, 0.15) is 29.6 Å². The highest BCUT2D eigenvalue weighted by Crippen LogP contribution is 2.28. The molecule has 2 aromatic carbocycles. The number of halogens is 2. The molecule has 3 aromatic rings. The van der Waals surface area contributed by atoms with Gasteiger partial charge in [0.15, 0.2) is 0 Å². The third-order valence-corrected chi connectivity index (χ3v) is 5.34. The van der Waals surface area contributed by atoms with Gasteiger partial charge in [-0.25, -0.2) is 13.6 Å². The third-order valence-electron chi connectivity index (χ3n) is 5.34. The van der Waals surface area contributed by atoms with Crippen LogP contribution < -0.4 is 16.5 Å². The SMILES string of the molecule is N[C@H]1CCC[C@H]1Nc1cc2c(cc1F)c(=O)c(C(=O)O)cn2-c1ccc(F)cc1. The van der Waals surface area contributed by atoms with E-state index in [1.165, 1.54) is 41.1 Å². The highest BCUT2D eigenvalue weighted by atomic mass is 19.1. The van der Waals surface area contributed by atoms with Crippen molar-refractivity contribution in [2.45, 2.75) is 31.3 Å². The first kappa shape index (κ1) is 19.1. The van der Waals surface area contributed by atoms with Gasteiger partial charge in [-0.3, -0.25) is 4.79 Å². The summed E-state index contributed by atoms with van der Waals surface area (Å²) in [5, 5.41) is 12.4. The number of aromatic carboxylic acids is 1. The minimum atomic E-state index is -1.42. The van der Waals surface area contributed by atoms with E-state index >= 15 is 0 Å². The van der Waals surface area contributed by atoms with Crippen molar-refractivity contribution < 1.29 is 18.7 Å². The number of nitrogens with two attached hydrogens (primary N) is 1. The molecule has 1 saturated carbocycles. The van der Waals surface area contributed by atoms with E-state index in [4.69, 9.17) is 5.73 Å². The predicted octanol–water partition coefficient (Wildman–Crippen LogP) is 3.26. The molecule has 4 rings (SSSR count). The standard InChI is InChI=1S/C21H19F2N3O3/c22-11-4-6-12(7-5-11)26-10-14(21(28)29)20(27)13-8-15(23)18(9-19(13)26)25-17-3-1-2-16(17)24/h4-10,16-17,25H,1-3,24H2,(H,28,29)/t16-,17+/m0/s1. The van der Waals surface area contributed by atoms with E-state index in [0.29, 0.717) is 11.2 Å². The van der Waals surface area contributed by atoms with Crippen LogP contribution in [-0.2, 0) is 0 Å². The van der Waals surface area contributed by atoms with Crippen molar-refractivity contribution in [3.05, 3.63) is 70.0 Å². The summed E-state index contributed by atoms with van der Waals surface area (Å²) in [6.45, 7) is 0. The molecule has 0 amide bonds. The van der Waals surface area contributed by atoms with Crippen molar-refractivity contribution in [1.82, 2.24) is 4.57 Å². The van der Waals surface area contributed by atoms with E-state index in [0.717, 1.165) is 25.3 Å². The molecule has 1 fully saturated rings. The van der Waals surface area contributed by atoms with Gasteiger partial charge in [-0.1, -0.05) is 0 Å². The number of rotatable bonds is 4. The Morgan fingerprint density at radius 2 is 1.90 bits per heavy atom. The molecule has 0 spiro atoms. The van der Waals surface area contributed by atoms with Gasteiger partial charge in [-0.05, 0) is 55.7 Å². The Labute approximate surface area is 164 Å². The Bertz CT molecular complexity index is 1160. The van der Waals surface area contributed by atoms with Crippen LogP contribution >= 0.6 is 0 Å². The van der Waals surface area contributed by atoms with Crippen LogP contribution in [-0.4, -0.2) is 27.7 Å². The minimum Gasteiger partial charge on any atom is -0.477 e. The fraction of sp³-hybridized carbons (Fsp3) is 0.238. The maximum Gasteiger partial charge on any atom is 0.341 e. The number of carboxylic acid groups (broad SMARTS) is 1. The first-order valence-corrected chi connectivity index (χ1v) is 9.25. The summed E-state index contributed by atoms with van der Waals surface area (Å²) in [4.78, 5) is 24.1. The molecule has 1 aliphatic carbocycles. The van der Waals surface area contributed by atoms with Gasteiger partial charge in [0.1, 0.15) is 17.2 Å². The lowest BCUT2D eigenvalue weighted by Gasteiger charge is -2.20. The van der Waals surface area contributed by atoms with Gasteiger partial charge in [0, 0.05) is 29.4 Å². The maximum absolute atomic E-state index is 14.8. The zero-order valence-electron chi connectivity index (χ0n) is 15.4. The molecule has 2 atom stereocenters. The van der Waals surface area contributed by atoms with Crippen LogP contribution in [0.5, 0.6) is 0 Å². The molecule has 29 heavy (non-hydrogen) atoms. The third kappa shape index (κ3) is 3.47. The average molecular weight is 399 g/mol. The van der Waals surface area contributed by atoms with E-state index in [9.17, 15) is 23.5 Å². The number of nitrogens with zero attached hydrogens (tertiary/aromatic N) is 1. The van der Waals surface area contributed by atoms with Gasteiger partial charge in [0.25, 0.3) is 0 Å².